The van der Waals surface area contributed by atoms with E-state index < -0.39 is 0 Å². The number of fused-ring (bicyclic) bond motifs is 2. The zero-order valence-corrected chi connectivity index (χ0v) is 33.4. The maximum atomic E-state index is 6.63. The number of rotatable bonds is 33. The highest BCUT2D eigenvalue weighted by Crippen LogP contribution is 2.43. The summed E-state index contributed by atoms with van der Waals surface area (Å²) >= 11 is 6.32. The van der Waals surface area contributed by atoms with Gasteiger partial charge in [-0.1, -0.05) is 217 Å². The van der Waals surface area contributed by atoms with Crippen molar-refractivity contribution < 1.29 is 9.47 Å². The summed E-state index contributed by atoms with van der Waals surface area (Å²) in [6, 6.07) is 15.2. The second-order valence-electron chi connectivity index (χ2n) is 15.1. The van der Waals surface area contributed by atoms with Gasteiger partial charge in [0, 0.05) is 27.4 Å². The van der Waals surface area contributed by atoms with E-state index in [0.717, 1.165) is 64.7 Å². The molecule has 0 aliphatic heterocycles. The second kappa shape index (κ2) is 28.6. The summed E-state index contributed by atoms with van der Waals surface area (Å²) in [7, 11) is 0. The molecule has 0 saturated carbocycles. The van der Waals surface area contributed by atoms with E-state index in [0.29, 0.717) is 5.88 Å². The lowest BCUT2D eigenvalue weighted by atomic mass is 9.99. The number of ether oxygens (including phenoxy) is 2. The number of benzene rings is 3. The van der Waals surface area contributed by atoms with Gasteiger partial charge < -0.3 is 9.47 Å². The summed E-state index contributed by atoms with van der Waals surface area (Å²) in [5, 5.41) is 4.56. The first-order chi connectivity index (χ1) is 24.8. The predicted octanol–water partition coefficient (Wildman–Crippen LogP) is 16.5. The number of hydrogen-bond donors (Lipinski definition) is 0. The number of hydrogen-bond acceptors (Lipinski definition) is 2. The Morgan fingerprint density at radius 3 is 1.06 bits per heavy atom. The third-order valence-electron chi connectivity index (χ3n) is 10.6. The van der Waals surface area contributed by atoms with Crippen LogP contribution in [0.2, 0.25) is 0 Å². The van der Waals surface area contributed by atoms with Gasteiger partial charge in [-0.25, -0.2) is 0 Å². The molecule has 50 heavy (non-hydrogen) atoms. The van der Waals surface area contributed by atoms with E-state index in [4.69, 9.17) is 21.1 Å². The molecule has 0 atom stereocenters. The van der Waals surface area contributed by atoms with Crippen LogP contribution in [0.5, 0.6) is 11.5 Å². The van der Waals surface area contributed by atoms with Crippen molar-refractivity contribution in [2.75, 3.05) is 13.2 Å². The van der Waals surface area contributed by atoms with Crippen LogP contribution in [0.4, 0.5) is 0 Å². The first kappa shape index (κ1) is 42.5. The third-order valence-corrected chi connectivity index (χ3v) is 10.9. The Balaban J connectivity index is 1.39. The van der Waals surface area contributed by atoms with Crippen LogP contribution in [0.1, 0.15) is 199 Å². The van der Waals surface area contributed by atoms with Gasteiger partial charge in [0.1, 0.15) is 11.5 Å². The lowest BCUT2D eigenvalue weighted by molar-refractivity contribution is 0.306. The van der Waals surface area contributed by atoms with E-state index in [1.165, 1.54) is 167 Å². The molecular weight excluding hydrogens is 632 g/mol. The maximum absolute atomic E-state index is 6.63. The zero-order valence-electron chi connectivity index (χ0n) is 32.7. The van der Waals surface area contributed by atoms with Gasteiger partial charge in [-0.3, -0.25) is 0 Å². The van der Waals surface area contributed by atoms with Crippen LogP contribution in [0.3, 0.4) is 0 Å². The molecule has 3 rings (SSSR count). The Labute approximate surface area is 313 Å². The van der Waals surface area contributed by atoms with E-state index in [1.54, 1.807) is 0 Å². The first-order valence-electron chi connectivity index (χ1n) is 21.6. The number of alkyl halides is 1. The Kier molecular flexibility index (Phi) is 24.3. The van der Waals surface area contributed by atoms with Crippen LogP contribution in [0, 0.1) is 0 Å². The average molecular weight is 708 g/mol. The van der Waals surface area contributed by atoms with Crippen molar-refractivity contribution in [3.05, 3.63) is 48.0 Å². The highest BCUT2D eigenvalue weighted by Gasteiger charge is 2.17. The topological polar surface area (TPSA) is 18.5 Å². The Morgan fingerprint density at radius 1 is 0.380 bits per heavy atom. The Hall–Kier alpha value is -1.93. The minimum Gasteiger partial charge on any atom is -0.492 e. The van der Waals surface area contributed by atoms with Gasteiger partial charge in [0.05, 0.1) is 13.2 Å². The summed E-state index contributed by atoms with van der Waals surface area (Å²) in [5.74, 6) is 2.48. The van der Waals surface area contributed by atoms with Crippen molar-refractivity contribution in [1.82, 2.24) is 0 Å². The lowest BCUT2D eigenvalue weighted by Crippen LogP contribution is -2.02. The SMILES string of the molecule is CCCCCCCCCCCCCCCCOc1c2ccccc2c(OCCCCCCCCCCCCCCCC)c2cc(CCl)ccc12. The van der Waals surface area contributed by atoms with Gasteiger partial charge in [-0.05, 0) is 24.5 Å². The van der Waals surface area contributed by atoms with Gasteiger partial charge >= 0.3 is 0 Å². The van der Waals surface area contributed by atoms with Crippen LogP contribution in [0.15, 0.2) is 42.5 Å². The average Bonchev–Trinajstić information content (AvgIpc) is 3.14. The fourth-order valence-electron chi connectivity index (χ4n) is 7.48. The molecule has 2 nitrogen and oxygen atoms in total. The molecule has 0 amide bonds. The van der Waals surface area contributed by atoms with Crippen molar-refractivity contribution >= 4 is 33.1 Å². The molecule has 282 valence electrons. The van der Waals surface area contributed by atoms with E-state index in [-0.39, 0.29) is 0 Å². The molecule has 0 spiro atoms. The van der Waals surface area contributed by atoms with Gasteiger partial charge in [-0.15, -0.1) is 11.6 Å². The van der Waals surface area contributed by atoms with Crippen LogP contribution >= 0.6 is 11.6 Å². The van der Waals surface area contributed by atoms with E-state index in [2.05, 4.69) is 56.3 Å². The smallest absolute Gasteiger partial charge is 0.135 e. The summed E-state index contributed by atoms with van der Waals surface area (Å²) in [6.07, 6.45) is 38.3. The molecular formula is C47H75ClO2. The Morgan fingerprint density at radius 2 is 0.700 bits per heavy atom. The second-order valence-corrected chi connectivity index (χ2v) is 15.4. The van der Waals surface area contributed by atoms with Gasteiger partial charge in [-0.2, -0.15) is 0 Å². The fraction of sp³-hybridized carbons (Fsp3) is 0.702. The zero-order chi connectivity index (χ0) is 35.3. The summed E-state index contributed by atoms with van der Waals surface area (Å²) in [4.78, 5) is 0. The van der Waals surface area contributed by atoms with E-state index in [9.17, 15) is 0 Å². The molecule has 0 heterocycles. The molecule has 3 aromatic rings. The summed E-state index contributed by atoms with van der Waals surface area (Å²) < 4.78 is 13.2. The van der Waals surface area contributed by atoms with Gasteiger partial charge in [0.15, 0.2) is 0 Å². The first-order valence-corrected chi connectivity index (χ1v) is 22.1. The van der Waals surface area contributed by atoms with Crippen LogP contribution in [-0.2, 0) is 5.88 Å². The predicted molar refractivity (Wildman–Crippen MR) is 223 cm³/mol. The van der Waals surface area contributed by atoms with E-state index >= 15 is 0 Å². The molecule has 0 aliphatic carbocycles. The quantitative estimate of drug-likeness (QED) is 0.0356. The molecule has 0 saturated heterocycles. The Bertz CT molecular complexity index is 1250. The lowest BCUT2D eigenvalue weighted by Gasteiger charge is -2.18. The largest absolute Gasteiger partial charge is 0.492 e. The molecule has 0 N–H and O–H groups in total. The minimum absolute atomic E-state index is 0.496. The monoisotopic (exact) mass is 707 g/mol. The fourth-order valence-corrected chi connectivity index (χ4v) is 7.65. The third kappa shape index (κ3) is 17.1. The maximum Gasteiger partial charge on any atom is 0.135 e. The van der Waals surface area contributed by atoms with Crippen LogP contribution in [0.25, 0.3) is 21.5 Å². The molecule has 0 radical (unpaired) electrons. The highest BCUT2D eigenvalue weighted by atomic mass is 35.5. The van der Waals surface area contributed by atoms with Gasteiger partial charge in [0.2, 0.25) is 0 Å². The molecule has 3 heteroatoms. The standard InChI is InChI=1S/C47H75ClO2/c1-3-5-7-9-11-13-15-17-19-21-23-25-27-31-37-49-46-42-33-29-30-34-43(42)47(45-39-41(40-48)35-36-44(45)46)50-38-32-28-26-24-22-20-18-16-14-12-10-8-6-4-2/h29-30,33-36,39H,3-28,31-32,37-38,40H2,1-2H3. The van der Waals surface area contributed by atoms with Crippen LogP contribution < -0.4 is 9.47 Å². The van der Waals surface area contributed by atoms with Crippen LogP contribution in [-0.4, -0.2) is 13.2 Å². The number of unbranched alkanes of at least 4 members (excludes halogenated alkanes) is 26. The molecule has 3 aromatic carbocycles. The van der Waals surface area contributed by atoms with Gasteiger partial charge in [0.25, 0.3) is 0 Å². The summed E-state index contributed by atoms with van der Waals surface area (Å²) in [6.45, 7) is 6.10. The van der Waals surface area contributed by atoms with Crippen molar-refractivity contribution in [1.29, 1.82) is 0 Å². The van der Waals surface area contributed by atoms with Crippen molar-refractivity contribution in [3.63, 3.8) is 0 Å². The van der Waals surface area contributed by atoms with E-state index in [1.807, 2.05) is 0 Å². The number of halogens is 1. The van der Waals surface area contributed by atoms with Crippen molar-refractivity contribution in [2.24, 2.45) is 0 Å². The summed E-state index contributed by atoms with van der Waals surface area (Å²) in [5.41, 5.74) is 1.12. The van der Waals surface area contributed by atoms with Crippen molar-refractivity contribution in [3.8, 4) is 11.5 Å². The molecule has 0 aromatic heterocycles. The highest BCUT2D eigenvalue weighted by molar-refractivity contribution is 6.17. The normalized spacial score (nSPS) is 11.6. The molecule has 0 unspecified atom stereocenters. The minimum atomic E-state index is 0.496. The molecule has 0 aliphatic rings. The molecule has 0 fully saturated rings. The molecule has 0 bridgehead atoms. The van der Waals surface area contributed by atoms with Crippen molar-refractivity contribution in [2.45, 2.75) is 200 Å².